The molecule has 0 radical (unpaired) electrons. The Bertz CT molecular complexity index is 1100. The Morgan fingerprint density at radius 3 is 2.64 bits per heavy atom. The van der Waals surface area contributed by atoms with Crippen LogP contribution in [-0.4, -0.2) is 36.6 Å². The predicted molar refractivity (Wildman–Crippen MR) is 114 cm³/mol. The van der Waals surface area contributed by atoms with Crippen molar-refractivity contribution in [3.63, 3.8) is 0 Å². The van der Waals surface area contributed by atoms with Crippen LogP contribution in [0.5, 0.6) is 5.75 Å². The average Bonchev–Trinajstić information content (AvgIpc) is 3.33. The summed E-state index contributed by atoms with van der Waals surface area (Å²) in [5, 5.41) is 6.16. The van der Waals surface area contributed by atoms with E-state index in [2.05, 4.69) is 16.0 Å². The number of methoxy groups -OCH3 is 1. The topological polar surface area (TPSA) is 73.2 Å². The summed E-state index contributed by atoms with van der Waals surface area (Å²) in [5.41, 5.74) is 5.05. The van der Waals surface area contributed by atoms with E-state index in [1.165, 1.54) is 0 Å². The van der Waals surface area contributed by atoms with Crippen LogP contribution in [0.1, 0.15) is 23.9 Å². The Morgan fingerprint density at radius 1 is 1.25 bits per heavy atom. The van der Waals surface area contributed by atoms with Gasteiger partial charge in [0.05, 0.1) is 24.3 Å². The van der Waals surface area contributed by atoms with E-state index in [9.17, 15) is 8.42 Å². The van der Waals surface area contributed by atoms with Gasteiger partial charge in [0.2, 0.25) is 0 Å². The van der Waals surface area contributed by atoms with Gasteiger partial charge in [-0.1, -0.05) is 0 Å². The second kappa shape index (κ2) is 7.25. The summed E-state index contributed by atoms with van der Waals surface area (Å²) in [5.74, 6) is 1.31. The molecule has 0 bridgehead atoms. The smallest absolute Gasteiger partial charge is 0.187 e. The summed E-state index contributed by atoms with van der Waals surface area (Å²) in [7, 11) is -1.28. The fourth-order valence-electron chi connectivity index (χ4n) is 3.83. The number of anilines is 2. The van der Waals surface area contributed by atoms with Crippen LogP contribution >= 0.6 is 11.3 Å². The Labute approximate surface area is 169 Å². The van der Waals surface area contributed by atoms with Crippen molar-refractivity contribution in [3.05, 3.63) is 47.1 Å². The summed E-state index contributed by atoms with van der Waals surface area (Å²) in [6.45, 7) is 4.08. The second-order valence-corrected chi connectivity index (χ2v) is 10.2. The van der Waals surface area contributed by atoms with Gasteiger partial charge in [-0.2, -0.15) is 0 Å². The Kier molecular flexibility index (Phi) is 4.93. The summed E-state index contributed by atoms with van der Waals surface area (Å²) < 4.78 is 31.1. The molecule has 0 spiro atoms. The molecule has 1 fully saturated rings. The third-order valence-corrected chi connectivity index (χ3v) is 7.69. The fourth-order valence-corrected chi connectivity index (χ4v) is 6.26. The van der Waals surface area contributed by atoms with Gasteiger partial charge >= 0.3 is 0 Å². The van der Waals surface area contributed by atoms with Gasteiger partial charge < -0.3 is 14.6 Å². The van der Waals surface area contributed by atoms with Crippen LogP contribution in [0.2, 0.25) is 0 Å². The lowest BCUT2D eigenvalue weighted by Gasteiger charge is -2.16. The van der Waals surface area contributed by atoms with Crippen LogP contribution in [0.15, 0.2) is 35.7 Å². The lowest BCUT2D eigenvalue weighted by Crippen LogP contribution is -2.13. The molecule has 2 aromatic heterocycles. The van der Waals surface area contributed by atoms with Gasteiger partial charge in [0.15, 0.2) is 15.0 Å². The number of nitrogens with one attached hydrogen (secondary N) is 1. The largest absolute Gasteiger partial charge is 0.497 e. The van der Waals surface area contributed by atoms with Crippen LogP contribution in [0.4, 0.5) is 10.8 Å². The first-order valence-electron chi connectivity index (χ1n) is 9.12. The minimum Gasteiger partial charge on any atom is -0.497 e. The van der Waals surface area contributed by atoms with Gasteiger partial charge in [-0.25, -0.2) is 13.4 Å². The van der Waals surface area contributed by atoms with Gasteiger partial charge in [0.25, 0.3) is 0 Å². The molecule has 1 aliphatic rings. The maximum absolute atomic E-state index is 11.9. The zero-order chi connectivity index (χ0) is 19.9. The molecule has 8 heteroatoms. The van der Waals surface area contributed by atoms with Crippen LogP contribution in [0.3, 0.4) is 0 Å². The molecule has 1 saturated heterocycles. The molecule has 0 saturated carbocycles. The molecule has 1 unspecified atom stereocenters. The molecule has 1 aliphatic heterocycles. The zero-order valence-electron chi connectivity index (χ0n) is 16.1. The van der Waals surface area contributed by atoms with E-state index in [0.717, 1.165) is 39.2 Å². The van der Waals surface area contributed by atoms with Gasteiger partial charge in [0, 0.05) is 34.1 Å². The number of sulfone groups is 1. The van der Waals surface area contributed by atoms with Crippen molar-refractivity contribution in [2.75, 3.05) is 23.9 Å². The van der Waals surface area contributed by atoms with Gasteiger partial charge in [-0.3, -0.25) is 0 Å². The number of aryl methyl sites for hydroxylation is 1. The Morgan fingerprint density at radius 2 is 2.00 bits per heavy atom. The third kappa shape index (κ3) is 3.66. The van der Waals surface area contributed by atoms with E-state index < -0.39 is 9.84 Å². The van der Waals surface area contributed by atoms with E-state index in [0.29, 0.717) is 6.42 Å². The fraction of sp³-hybridized carbons (Fsp3) is 0.350. The first-order valence-corrected chi connectivity index (χ1v) is 11.8. The van der Waals surface area contributed by atoms with E-state index in [1.807, 2.05) is 43.5 Å². The van der Waals surface area contributed by atoms with Crippen molar-refractivity contribution in [2.24, 2.45) is 0 Å². The molecule has 3 aromatic rings. The highest BCUT2D eigenvalue weighted by atomic mass is 32.2. The molecular weight excluding hydrogens is 394 g/mol. The second-order valence-electron chi connectivity index (χ2n) is 7.10. The summed E-state index contributed by atoms with van der Waals surface area (Å²) in [4.78, 5) is 4.73. The Hall–Kier alpha value is -2.32. The first kappa shape index (κ1) is 19.0. The Balaban J connectivity index is 1.58. The normalized spacial score (nSPS) is 18.3. The average molecular weight is 418 g/mol. The SMILES string of the molecule is COc1ccc(Nc2nc(-c3cc(C)n(C4CCS(=O)(=O)C4)c3C)cs2)cc1. The number of rotatable bonds is 5. The first-order chi connectivity index (χ1) is 13.4. The van der Waals surface area contributed by atoms with Crippen molar-refractivity contribution in [1.82, 2.24) is 9.55 Å². The van der Waals surface area contributed by atoms with Crippen LogP contribution in [-0.2, 0) is 9.84 Å². The van der Waals surface area contributed by atoms with Gasteiger partial charge in [-0.15, -0.1) is 11.3 Å². The van der Waals surface area contributed by atoms with Crippen LogP contribution < -0.4 is 10.1 Å². The maximum atomic E-state index is 11.9. The number of hydrogen-bond donors (Lipinski definition) is 1. The molecule has 3 heterocycles. The highest BCUT2D eigenvalue weighted by Crippen LogP contribution is 2.35. The van der Waals surface area contributed by atoms with Crippen molar-refractivity contribution in [2.45, 2.75) is 26.3 Å². The quantitative estimate of drug-likeness (QED) is 0.668. The van der Waals surface area contributed by atoms with E-state index in [1.54, 1.807) is 18.4 Å². The van der Waals surface area contributed by atoms with E-state index in [-0.39, 0.29) is 17.5 Å². The molecule has 28 heavy (non-hydrogen) atoms. The number of aromatic nitrogens is 2. The number of ether oxygens (including phenoxy) is 1. The van der Waals surface area contributed by atoms with Crippen LogP contribution in [0.25, 0.3) is 11.3 Å². The minimum absolute atomic E-state index is 0.0225. The monoisotopic (exact) mass is 417 g/mol. The lowest BCUT2D eigenvalue weighted by atomic mass is 10.2. The van der Waals surface area contributed by atoms with Crippen molar-refractivity contribution < 1.29 is 13.2 Å². The molecule has 4 rings (SSSR count). The molecule has 1 aromatic carbocycles. The highest BCUT2D eigenvalue weighted by molar-refractivity contribution is 7.91. The standard InChI is InChI=1S/C20H23N3O3S2/c1-13-10-18(14(2)23(13)16-8-9-28(24,25)12-16)19-11-27-20(22-19)21-15-4-6-17(26-3)7-5-15/h4-7,10-11,16H,8-9,12H2,1-3H3,(H,21,22). The summed E-state index contributed by atoms with van der Waals surface area (Å²) in [6.07, 6.45) is 0.680. The molecule has 0 amide bonds. The lowest BCUT2D eigenvalue weighted by molar-refractivity contribution is 0.415. The molecular formula is C20H23N3O3S2. The van der Waals surface area contributed by atoms with Gasteiger partial charge in [-0.05, 0) is 50.6 Å². The molecule has 1 N–H and O–H groups in total. The number of hydrogen-bond acceptors (Lipinski definition) is 6. The summed E-state index contributed by atoms with van der Waals surface area (Å²) in [6, 6.07) is 9.83. The molecule has 1 atom stereocenters. The molecule has 6 nitrogen and oxygen atoms in total. The highest BCUT2D eigenvalue weighted by Gasteiger charge is 2.31. The number of benzene rings is 1. The van der Waals surface area contributed by atoms with Crippen molar-refractivity contribution >= 4 is 32.0 Å². The van der Waals surface area contributed by atoms with Crippen molar-refractivity contribution in [3.8, 4) is 17.0 Å². The van der Waals surface area contributed by atoms with E-state index >= 15 is 0 Å². The maximum Gasteiger partial charge on any atom is 0.187 e. The minimum atomic E-state index is -2.92. The van der Waals surface area contributed by atoms with Crippen LogP contribution in [0, 0.1) is 13.8 Å². The third-order valence-electron chi connectivity index (χ3n) is 5.18. The van der Waals surface area contributed by atoms with Crippen molar-refractivity contribution in [1.29, 1.82) is 0 Å². The van der Waals surface area contributed by atoms with Gasteiger partial charge in [0.1, 0.15) is 5.75 Å². The number of thiazole rings is 1. The van der Waals surface area contributed by atoms with E-state index in [4.69, 9.17) is 9.72 Å². The zero-order valence-corrected chi connectivity index (χ0v) is 17.7. The number of nitrogens with zero attached hydrogens (tertiary/aromatic N) is 2. The molecule has 148 valence electrons. The predicted octanol–water partition coefficient (Wildman–Crippen LogP) is 4.34. The molecule has 0 aliphatic carbocycles. The summed E-state index contributed by atoms with van der Waals surface area (Å²) >= 11 is 1.55.